The lowest BCUT2D eigenvalue weighted by Gasteiger charge is -2.35. The first kappa shape index (κ1) is 17.1. The molecule has 2 aliphatic heterocycles. The minimum Gasteiger partial charge on any atom is -0.291 e. The van der Waals surface area contributed by atoms with Gasteiger partial charge in [0.15, 0.2) is 0 Å². The highest BCUT2D eigenvalue weighted by Gasteiger charge is 2.37. The zero-order valence-electron chi connectivity index (χ0n) is 13.8. The second-order valence-corrected chi connectivity index (χ2v) is 8.31. The summed E-state index contributed by atoms with van der Waals surface area (Å²) in [5, 5.41) is 0. The van der Waals surface area contributed by atoms with Gasteiger partial charge in [0.25, 0.3) is 5.78 Å². The molecular formula is C16H21N3O4S. The van der Waals surface area contributed by atoms with Crippen LogP contribution in [0.3, 0.4) is 0 Å². The number of nitrogens with one attached hydrogen (secondary N) is 1. The number of aryl methyl sites for hydroxylation is 1. The van der Waals surface area contributed by atoms with Gasteiger partial charge < -0.3 is 0 Å². The van der Waals surface area contributed by atoms with Gasteiger partial charge in [0, 0.05) is 12.6 Å². The maximum absolute atomic E-state index is 12.3. The van der Waals surface area contributed by atoms with Crippen molar-refractivity contribution < 1.29 is 18.0 Å². The molecule has 0 bridgehead atoms. The number of anilines is 1. The van der Waals surface area contributed by atoms with Gasteiger partial charge in [0.1, 0.15) is 0 Å². The normalized spacial score (nSPS) is 22.1. The standard InChI is InChI=1S/C16H21N3O4S/c1-11-5-6-14-13(8-11)15(20)16(21)19(14)10-18-7-3-4-12(9-18)17-24(2,22)23/h5-6,8,12,17H,3-4,7,9-10H2,1-2H3/t12-/m1/s1. The number of carbonyl (C=O) groups is 2. The molecule has 1 atom stereocenters. The van der Waals surface area contributed by atoms with Crippen LogP contribution in [0.25, 0.3) is 0 Å². The van der Waals surface area contributed by atoms with Gasteiger partial charge >= 0.3 is 5.91 Å². The summed E-state index contributed by atoms with van der Waals surface area (Å²) in [5.74, 6) is -0.995. The van der Waals surface area contributed by atoms with E-state index in [0.717, 1.165) is 31.2 Å². The molecule has 7 nitrogen and oxygen atoms in total. The van der Waals surface area contributed by atoms with Crippen LogP contribution in [0, 0.1) is 6.92 Å². The zero-order valence-corrected chi connectivity index (χ0v) is 14.6. The van der Waals surface area contributed by atoms with Crippen molar-refractivity contribution in [3.63, 3.8) is 0 Å². The van der Waals surface area contributed by atoms with E-state index in [1.807, 2.05) is 17.9 Å². The monoisotopic (exact) mass is 351 g/mol. The quantitative estimate of drug-likeness (QED) is 0.798. The van der Waals surface area contributed by atoms with Gasteiger partial charge in [-0.25, -0.2) is 13.1 Å². The number of benzene rings is 1. The van der Waals surface area contributed by atoms with Gasteiger partial charge in [-0.2, -0.15) is 0 Å². The van der Waals surface area contributed by atoms with Gasteiger partial charge in [-0.15, -0.1) is 0 Å². The molecule has 2 heterocycles. The largest absolute Gasteiger partial charge is 0.300 e. The molecular weight excluding hydrogens is 330 g/mol. The number of amides is 1. The van der Waals surface area contributed by atoms with E-state index in [1.165, 1.54) is 4.90 Å². The average Bonchev–Trinajstić information content (AvgIpc) is 2.71. The fourth-order valence-corrected chi connectivity index (χ4v) is 4.14. The van der Waals surface area contributed by atoms with Crippen LogP contribution < -0.4 is 9.62 Å². The topological polar surface area (TPSA) is 86.8 Å². The van der Waals surface area contributed by atoms with E-state index in [4.69, 9.17) is 0 Å². The first-order valence-corrected chi connectivity index (χ1v) is 9.80. The highest BCUT2D eigenvalue weighted by Crippen LogP contribution is 2.30. The molecule has 1 aromatic carbocycles. The Labute approximate surface area is 141 Å². The molecule has 8 heteroatoms. The van der Waals surface area contributed by atoms with Crippen LogP contribution in [0.2, 0.25) is 0 Å². The third kappa shape index (κ3) is 3.50. The van der Waals surface area contributed by atoms with E-state index >= 15 is 0 Å². The van der Waals surface area contributed by atoms with Crippen LogP contribution in [0.1, 0.15) is 28.8 Å². The average molecular weight is 351 g/mol. The first-order valence-electron chi connectivity index (χ1n) is 7.91. The maximum Gasteiger partial charge on any atom is 0.300 e. The van der Waals surface area contributed by atoms with Crippen LogP contribution in [-0.2, 0) is 14.8 Å². The van der Waals surface area contributed by atoms with E-state index in [0.29, 0.717) is 24.5 Å². The third-order valence-corrected chi connectivity index (χ3v) is 5.12. The number of rotatable bonds is 4. The maximum atomic E-state index is 12.3. The molecule has 130 valence electrons. The Morgan fingerprint density at radius 2 is 2.04 bits per heavy atom. The smallest absolute Gasteiger partial charge is 0.291 e. The summed E-state index contributed by atoms with van der Waals surface area (Å²) < 4.78 is 25.4. The van der Waals surface area contributed by atoms with Crippen molar-refractivity contribution in [2.45, 2.75) is 25.8 Å². The summed E-state index contributed by atoms with van der Waals surface area (Å²) in [5.41, 5.74) is 2.02. The Morgan fingerprint density at radius 3 is 2.75 bits per heavy atom. The highest BCUT2D eigenvalue weighted by molar-refractivity contribution is 7.88. The van der Waals surface area contributed by atoms with E-state index in [-0.39, 0.29) is 6.04 Å². The second kappa shape index (κ2) is 6.27. The number of likely N-dealkylation sites (tertiary alicyclic amines) is 1. The number of ketones is 1. The van der Waals surface area contributed by atoms with Crippen LogP contribution in [0.4, 0.5) is 5.69 Å². The summed E-state index contributed by atoms with van der Waals surface area (Å²) in [7, 11) is -3.26. The van der Waals surface area contributed by atoms with Crippen molar-refractivity contribution in [1.29, 1.82) is 0 Å². The lowest BCUT2D eigenvalue weighted by atomic mass is 10.1. The summed E-state index contributed by atoms with van der Waals surface area (Å²) >= 11 is 0. The number of Topliss-reactive ketones (excluding diaryl/α,β-unsaturated/α-hetero) is 1. The molecule has 0 aromatic heterocycles. The number of nitrogens with zero attached hydrogens (tertiary/aromatic N) is 2. The molecule has 0 aliphatic carbocycles. The van der Waals surface area contributed by atoms with Crippen molar-refractivity contribution in [3.05, 3.63) is 29.3 Å². The van der Waals surface area contributed by atoms with Crippen LogP contribution in [0.5, 0.6) is 0 Å². The number of fused-ring (bicyclic) bond motifs is 1. The SMILES string of the molecule is Cc1ccc2c(c1)C(=O)C(=O)N2CN1CCC[C@@H](NS(C)(=O)=O)C1. The summed E-state index contributed by atoms with van der Waals surface area (Å²) in [6, 6.07) is 5.24. The minimum atomic E-state index is -3.26. The number of hydrogen-bond donors (Lipinski definition) is 1. The molecule has 1 fully saturated rings. The van der Waals surface area contributed by atoms with Crippen LogP contribution in [-0.4, -0.2) is 57.1 Å². The zero-order chi connectivity index (χ0) is 17.5. The number of piperidine rings is 1. The van der Waals surface area contributed by atoms with E-state index in [9.17, 15) is 18.0 Å². The Morgan fingerprint density at radius 1 is 1.29 bits per heavy atom. The van der Waals surface area contributed by atoms with E-state index in [2.05, 4.69) is 4.72 Å². The minimum absolute atomic E-state index is 0.167. The number of hydrogen-bond acceptors (Lipinski definition) is 5. The fraction of sp³-hybridized carbons (Fsp3) is 0.500. The Hall–Kier alpha value is -1.77. The Bertz CT molecular complexity index is 791. The molecule has 1 saturated heterocycles. The van der Waals surface area contributed by atoms with Crippen molar-refractivity contribution in [1.82, 2.24) is 9.62 Å². The molecule has 3 rings (SSSR count). The third-order valence-electron chi connectivity index (χ3n) is 4.35. The molecule has 0 spiro atoms. The highest BCUT2D eigenvalue weighted by atomic mass is 32.2. The molecule has 1 aromatic rings. The van der Waals surface area contributed by atoms with Gasteiger partial charge in [0.2, 0.25) is 10.0 Å². The van der Waals surface area contributed by atoms with Crippen molar-refractivity contribution in [2.75, 3.05) is 30.9 Å². The second-order valence-electron chi connectivity index (χ2n) is 6.53. The Kier molecular flexibility index (Phi) is 4.46. The van der Waals surface area contributed by atoms with Crippen LogP contribution in [0.15, 0.2) is 18.2 Å². The predicted molar refractivity (Wildman–Crippen MR) is 90.4 cm³/mol. The lowest BCUT2D eigenvalue weighted by molar-refractivity contribution is -0.114. The molecule has 0 saturated carbocycles. The van der Waals surface area contributed by atoms with Crippen molar-refractivity contribution in [2.24, 2.45) is 0 Å². The van der Waals surface area contributed by atoms with Crippen molar-refractivity contribution >= 4 is 27.4 Å². The van der Waals surface area contributed by atoms with E-state index in [1.54, 1.807) is 12.1 Å². The fourth-order valence-electron chi connectivity index (χ4n) is 3.34. The number of carbonyl (C=O) groups excluding carboxylic acids is 2. The van der Waals surface area contributed by atoms with Gasteiger partial charge in [-0.05, 0) is 38.4 Å². The first-order chi connectivity index (χ1) is 11.2. The molecule has 2 aliphatic rings. The lowest BCUT2D eigenvalue weighted by Crippen LogP contribution is -2.51. The molecule has 0 radical (unpaired) electrons. The molecule has 24 heavy (non-hydrogen) atoms. The van der Waals surface area contributed by atoms with Gasteiger partial charge in [-0.1, -0.05) is 11.6 Å². The molecule has 1 amide bonds. The van der Waals surface area contributed by atoms with Gasteiger partial charge in [0.05, 0.1) is 24.2 Å². The van der Waals surface area contributed by atoms with Crippen molar-refractivity contribution in [3.8, 4) is 0 Å². The predicted octanol–water partition coefficient (Wildman–Crippen LogP) is 0.495. The molecule has 1 N–H and O–H groups in total. The number of sulfonamides is 1. The van der Waals surface area contributed by atoms with Gasteiger partial charge in [-0.3, -0.25) is 19.4 Å². The summed E-state index contributed by atoms with van der Waals surface area (Å²) in [6.45, 7) is 3.46. The van der Waals surface area contributed by atoms with Crippen LogP contribution >= 0.6 is 0 Å². The molecule has 0 unspecified atom stereocenters. The van der Waals surface area contributed by atoms with E-state index < -0.39 is 21.7 Å². The summed E-state index contributed by atoms with van der Waals surface area (Å²) in [6.07, 6.45) is 2.75. The summed E-state index contributed by atoms with van der Waals surface area (Å²) in [4.78, 5) is 27.9. The Balaban J connectivity index is 1.74.